The SMILES string of the molecule is CCSC(C)c1cccc(Nc2ncc(Cl)c(NC3CCC3)n2)c1. The van der Waals surface area contributed by atoms with Crippen molar-refractivity contribution in [2.24, 2.45) is 0 Å². The van der Waals surface area contributed by atoms with Crippen LogP contribution in [0.15, 0.2) is 30.5 Å². The highest BCUT2D eigenvalue weighted by Gasteiger charge is 2.19. The average Bonchev–Trinajstić information content (AvgIpc) is 2.54. The second-order valence-electron chi connectivity index (χ2n) is 6.01. The molecular weight excluding hydrogens is 340 g/mol. The molecule has 3 rings (SSSR count). The van der Waals surface area contributed by atoms with Crippen LogP contribution < -0.4 is 10.6 Å². The molecule has 128 valence electrons. The van der Waals surface area contributed by atoms with E-state index in [9.17, 15) is 0 Å². The zero-order valence-corrected chi connectivity index (χ0v) is 15.6. The second kappa shape index (κ2) is 8.08. The zero-order valence-electron chi connectivity index (χ0n) is 14.1. The monoisotopic (exact) mass is 362 g/mol. The van der Waals surface area contributed by atoms with E-state index in [1.54, 1.807) is 6.20 Å². The van der Waals surface area contributed by atoms with Gasteiger partial charge in [-0.05, 0) is 49.6 Å². The Morgan fingerprint density at radius 1 is 1.38 bits per heavy atom. The summed E-state index contributed by atoms with van der Waals surface area (Å²) < 4.78 is 0. The third kappa shape index (κ3) is 4.33. The fourth-order valence-electron chi connectivity index (χ4n) is 2.62. The van der Waals surface area contributed by atoms with Gasteiger partial charge in [0.1, 0.15) is 5.02 Å². The van der Waals surface area contributed by atoms with Crippen LogP contribution in [0.2, 0.25) is 5.02 Å². The molecule has 1 aliphatic carbocycles. The summed E-state index contributed by atoms with van der Waals surface area (Å²) in [7, 11) is 0. The van der Waals surface area contributed by atoms with Gasteiger partial charge in [0, 0.05) is 17.0 Å². The number of nitrogens with one attached hydrogen (secondary N) is 2. The number of rotatable bonds is 7. The van der Waals surface area contributed by atoms with E-state index in [0.717, 1.165) is 11.4 Å². The molecule has 1 saturated carbocycles. The minimum absolute atomic E-state index is 0.471. The quantitative estimate of drug-likeness (QED) is 0.666. The Kier molecular flexibility index (Phi) is 5.85. The van der Waals surface area contributed by atoms with Gasteiger partial charge in [0.15, 0.2) is 5.82 Å². The van der Waals surface area contributed by atoms with Gasteiger partial charge in [0.25, 0.3) is 0 Å². The molecule has 24 heavy (non-hydrogen) atoms. The summed E-state index contributed by atoms with van der Waals surface area (Å²) >= 11 is 8.14. The molecule has 0 radical (unpaired) electrons. The molecule has 0 spiro atoms. The van der Waals surface area contributed by atoms with E-state index in [1.165, 1.54) is 24.8 Å². The highest BCUT2D eigenvalue weighted by Crippen LogP contribution is 2.30. The first kappa shape index (κ1) is 17.4. The maximum absolute atomic E-state index is 6.21. The van der Waals surface area contributed by atoms with Crippen LogP contribution in [0, 0.1) is 0 Å². The Balaban J connectivity index is 1.73. The molecule has 1 aliphatic rings. The Hall–Kier alpha value is -1.46. The summed E-state index contributed by atoms with van der Waals surface area (Å²) in [5.41, 5.74) is 2.29. The van der Waals surface area contributed by atoms with Crippen LogP contribution in [0.5, 0.6) is 0 Å². The van der Waals surface area contributed by atoms with Crippen molar-refractivity contribution in [3.63, 3.8) is 0 Å². The fraction of sp³-hybridized carbons (Fsp3) is 0.444. The third-order valence-corrected chi connectivity index (χ3v) is 5.60. The van der Waals surface area contributed by atoms with Gasteiger partial charge in [-0.2, -0.15) is 16.7 Å². The first-order chi connectivity index (χ1) is 11.7. The molecule has 1 aromatic heterocycles. The van der Waals surface area contributed by atoms with Gasteiger partial charge in [-0.1, -0.05) is 30.7 Å². The molecule has 6 heteroatoms. The number of anilines is 3. The molecule has 1 unspecified atom stereocenters. The summed E-state index contributed by atoms with van der Waals surface area (Å²) in [5.74, 6) is 2.38. The van der Waals surface area contributed by atoms with Crippen molar-refractivity contribution in [2.45, 2.75) is 44.4 Å². The lowest BCUT2D eigenvalue weighted by atomic mass is 9.93. The predicted molar refractivity (Wildman–Crippen MR) is 105 cm³/mol. The minimum Gasteiger partial charge on any atom is -0.366 e. The third-order valence-electron chi connectivity index (χ3n) is 4.22. The molecule has 1 fully saturated rings. The molecular formula is C18H23ClN4S. The lowest BCUT2D eigenvalue weighted by Crippen LogP contribution is -2.27. The molecule has 0 bridgehead atoms. The number of hydrogen-bond donors (Lipinski definition) is 2. The molecule has 2 aromatic rings. The Bertz CT molecular complexity index is 690. The van der Waals surface area contributed by atoms with Crippen molar-refractivity contribution in [2.75, 3.05) is 16.4 Å². The van der Waals surface area contributed by atoms with E-state index in [2.05, 4.69) is 52.6 Å². The van der Waals surface area contributed by atoms with Crippen molar-refractivity contribution in [1.82, 2.24) is 9.97 Å². The smallest absolute Gasteiger partial charge is 0.229 e. The zero-order chi connectivity index (χ0) is 16.9. The second-order valence-corrected chi connectivity index (χ2v) is 8.04. The molecule has 1 heterocycles. The molecule has 0 saturated heterocycles. The van der Waals surface area contributed by atoms with Gasteiger partial charge in [-0.15, -0.1) is 0 Å². The minimum atomic E-state index is 0.471. The highest BCUT2D eigenvalue weighted by molar-refractivity contribution is 7.99. The maximum atomic E-state index is 6.21. The van der Waals surface area contributed by atoms with Crippen LogP contribution >= 0.6 is 23.4 Å². The van der Waals surface area contributed by atoms with Crippen molar-refractivity contribution in [3.05, 3.63) is 41.0 Å². The first-order valence-corrected chi connectivity index (χ1v) is 9.86. The largest absolute Gasteiger partial charge is 0.366 e. The van der Waals surface area contributed by atoms with E-state index in [0.29, 0.717) is 28.1 Å². The van der Waals surface area contributed by atoms with Gasteiger partial charge >= 0.3 is 0 Å². The number of halogens is 1. The molecule has 1 atom stereocenters. The number of hydrogen-bond acceptors (Lipinski definition) is 5. The lowest BCUT2D eigenvalue weighted by molar-refractivity contribution is 0.444. The molecule has 2 N–H and O–H groups in total. The Morgan fingerprint density at radius 3 is 2.92 bits per heavy atom. The average molecular weight is 363 g/mol. The maximum Gasteiger partial charge on any atom is 0.229 e. The molecule has 0 amide bonds. The van der Waals surface area contributed by atoms with Gasteiger partial charge in [-0.25, -0.2) is 4.98 Å². The summed E-state index contributed by atoms with van der Waals surface area (Å²) in [5, 5.41) is 7.72. The lowest BCUT2D eigenvalue weighted by Gasteiger charge is -2.27. The van der Waals surface area contributed by atoms with Crippen molar-refractivity contribution >= 4 is 40.8 Å². The number of thioether (sulfide) groups is 1. The van der Waals surface area contributed by atoms with E-state index in [1.807, 2.05) is 17.8 Å². The van der Waals surface area contributed by atoms with Crippen LogP contribution in [-0.4, -0.2) is 21.8 Å². The number of aromatic nitrogens is 2. The summed E-state index contributed by atoms with van der Waals surface area (Å²) in [6.45, 7) is 4.41. The van der Waals surface area contributed by atoms with E-state index >= 15 is 0 Å². The Morgan fingerprint density at radius 2 is 2.21 bits per heavy atom. The summed E-state index contributed by atoms with van der Waals surface area (Å²) in [6, 6.07) is 8.90. The topological polar surface area (TPSA) is 49.8 Å². The van der Waals surface area contributed by atoms with Crippen LogP contribution in [0.1, 0.15) is 43.9 Å². The standard InChI is InChI=1S/C18H23ClN4S/c1-3-24-12(2)13-6-4-9-15(10-13)22-18-20-11-16(19)17(23-18)21-14-7-5-8-14/h4,6,9-12,14H,3,5,7-8H2,1-2H3,(H2,20,21,22,23). The van der Waals surface area contributed by atoms with E-state index < -0.39 is 0 Å². The molecule has 1 aromatic carbocycles. The number of benzene rings is 1. The van der Waals surface area contributed by atoms with Gasteiger partial charge < -0.3 is 10.6 Å². The highest BCUT2D eigenvalue weighted by atomic mass is 35.5. The van der Waals surface area contributed by atoms with Crippen molar-refractivity contribution < 1.29 is 0 Å². The van der Waals surface area contributed by atoms with E-state index in [-0.39, 0.29) is 0 Å². The predicted octanol–water partition coefficient (Wildman–Crippen LogP) is 5.65. The molecule has 4 nitrogen and oxygen atoms in total. The number of nitrogens with zero attached hydrogens (tertiary/aromatic N) is 2. The van der Waals surface area contributed by atoms with Gasteiger partial charge in [0.05, 0.1) is 6.20 Å². The summed E-state index contributed by atoms with van der Waals surface area (Å²) in [6.07, 6.45) is 5.28. The Labute approximate surface area is 152 Å². The van der Waals surface area contributed by atoms with Crippen LogP contribution in [0.4, 0.5) is 17.5 Å². The van der Waals surface area contributed by atoms with Crippen molar-refractivity contribution in [1.29, 1.82) is 0 Å². The van der Waals surface area contributed by atoms with Crippen LogP contribution in [-0.2, 0) is 0 Å². The van der Waals surface area contributed by atoms with Crippen LogP contribution in [0.3, 0.4) is 0 Å². The molecule has 0 aliphatic heterocycles. The van der Waals surface area contributed by atoms with Gasteiger partial charge in [0.2, 0.25) is 5.95 Å². The van der Waals surface area contributed by atoms with Crippen molar-refractivity contribution in [3.8, 4) is 0 Å². The van der Waals surface area contributed by atoms with Gasteiger partial charge in [-0.3, -0.25) is 0 Å². The van der Waals surface area contributed by atoms with E-state index in [4.69, 9.17) is 11.6 Å². The van der Waals surface area contributed by atoms with Crippen LogP contribution in [0.25, 0.3) is 0 Å². The summed E-state index contributed by atoms with van der Waals surface area (Å²) in [4.78, 5) is 8.83. The first-order valence-electron chi connectivity index (χ1n) is 8.43. The normalized spacial score (nSPS) is 15.6. The fourth-order valence-corrected chi connectivity index (χ4v) is 3.60.